The Labute approximate surface area is 191 Å². The summed E-state index contributed by atoms with van der Waals surface area (Å²) in [7, 11) is 0. The van der Waals surface area contributed by atoms with Gasteiger partial charge in [-0.1, -0.05) is 48.5 Å². The number of H-pyrrole nitrogens is 1. The summed E-state index contributed by atoms with van der Waals surface area (Å²) in [5.74, 6) is -1.57. The molecule has 7 nitrogen and oxygen atoms in total. The number of phenols is 1. The van der Waals surface area contributed by atoms with Gasteiger partial charge in [0.25, 0.3) is 5.56 Å². The standard InChI is InChI=1S/C27H17NO6/c29-20-12-21-23(26-24(20)25(31)18(13-33-26)14-6-2-1-3-7-14)16(11-22(30)34-21)17-10-15-8-4-5-9-19(15)28-27(17)32/h1-10,12-13,16,29H,11H2,(H,28,32). The lowest BCUT2D eigenvalue weighted by atomic mass is 9.85. The van der Waals surface area contributed by atoms with Crippen LogP contribution >= 0.6 is 0 Å². The van der Waals surface area contributed by atoms with Crippen molar-refractivity contribution < 1.29 is 19.1 Å². The fourth-order valence-corrected chi connectivity index (χ4v) is 4.64. The maximum atomic E-state index is 13.4. The molecule has 0 aliphatic carbocycles. The van der Waals surface area contributed by atoms with Gasteiger partial charge in [0.05, 0.1) is 12.0 Å². The number of carbonyl (C=O) groups is 1. The molecule has 3 heterocycles. The van der Waals surface area contributed by atoms with Gasteiger partial charge in [0.15, 0.2) is 0 Å². The van der Waals surface area contributed by atoms with Crippen molar-refractivity contribution in [3.63, 3.8) is 0 Å². The van der Waals surface area contributed by atoms with E-state index in [0.717, 1.165) is 5.39 Å². The summed E-state index contributed by atoms with van der Waals surface area (Å²) in [5.41, 5.74) is 1.64. The fourth-order valence-electron chi connectivity index (χ4n) is 4.64. The van der Waals surface area contributed by atoms with E-state index in [0.29, 0.717) is 22.2 Å². The third-order valence-electron chi connectivity index (χ3n) is 6.21. The summed E-state index contributed by atoms with van der Waals surface area (Å²) < 4.78 is 11.3. The van der Waals surface area contributed by atoms with E-state index in [-0.39, 0.29) is 40.0 Å². The van der Waals surface area contributed by atoms with Crippen LogP contribution in [0.3, 0.4) is 0 Å². The van der Waals surface area contributed by atoms with Crippen molar-refractivity contribution in [2.24, 2.45) is 0 Å². The molecule has 1 unspecified atom stereocenters. The Morgan fingerprint density at radius 2 is 1.71 bits per heavy atom. The van der Waals surface area contributed by atoms with Gasteiger partial charge < -0.3 is 19.2 Å². The predicted molar refractivity (Wildman–Crippen MR) is 126 cm³/mol. The molecule has 2 aromatic heterocycles. The lowest BCUT2D eigenvalue weighted by Gasteiger charge is -2.25. The van der Waals surface area contributed by atoms with Crippen molar-refractivity contribution in [2.45, 2.75) is 12.3 Å². The van der Waals surface area contributed by atoms with Gasteiger partial charge in [-0.25, -0.2) is 0 Å². The molecule has 1 aliphatic heterocycles. The second kappa shape index (κ2) is 7.45. The van der Waals surface area contributed by atoms with Crippen LogP contribution in [0.5, 0.6) is 11.5 Å². The highest BCUT2D eigenvalue weighted by Crippen LogP contribution is 2.45. The van der Waals surface area contributed by atoms with Crippen molar-refractivity contribution in [3.8, 4) is 22.6 Å². The summed E-state index contributed by atoms with van der Waals surface area (Å²) >= 11 is 0. The minimum atomic E-state index is -0.724. The normalized spacial score (nSPS) is 15.3. The zero-order valence-electron chi connectivity index (χ0n) is 17.7. The summed E-state index contributed by atoms with van der Waals surface area (Å²) in [6.07, 6.45) is 1.22. The molecular formula is C27H17NO6. The quantitative estimate of drug-likeness (QED) is 0.303. The number of aromatic nitrogens is 1. The molecule has 7 heteroatoms. The van der Waals surface area contributed by atoms with E-state index in [4.69, 9.17) is 9.15 Å². The number of carbonyl (C=O) groups excluding carboxylic acids is 1. The number of benzene rings is 3. The lowest BCUT2D eigenvalue weighted by Crippen LogP contribution is -2.26. The average Bonchev–Trinajstić information content (AvgIpc) is 2.83. The monoisotopic (exact) mass is 451 g/mol. The van der Waals surface area contributed by atoms with Crippen LogP contribution in [0.15, 0.2) is 87.0 Å². The van der Waals surface area contributed by atoms with Gasteiger partial charge >= 0.3 is 5.97 Å². The number of nitrogens with one attached hydrogen (secondary N) is 1. The molecule has 1 atom stereocenters. The summed E-state index contributed by atoms with van der Waals surface area (Å²) in [6.45, 7) is 0. The van der Waals surface area contributed by atoms with Gasteiger partial charge in [-0.05, 0) is 23.1 Å². The first kappa shape index (κ1) is 20.0. The van der Waals surface area contributed by atoms with Gasteiger partial charge in [-0.2, -0.15) is 0 Å². The smallest absolute Gasteiger partial charge is 0.312 e. The minimum Gasteiger partial charge on any atom is -0.507 e. The van der Waals surface area contributed by atoms with Crippen LogP contribution in [0.25, 0.3) is 33.0 Å². The number of rotatable bonds is 2. The van der Waals surface area contributed by atoms with Crippen LogP contribution in [0.4, 0.5) is 0 Å². The van der Waals surface area contributed by atoms with Gasteiger partial charge in [0, 0.05) is 28.6 Å². The Bertz CT molecular complexity index is 1730. The van der Waals surface area contributed by atoms with Crippen molar-refractivity contribution in [1.82, 2.24) is 4.98 Å². The van der Waals surface area contributed by atoms with Gasteiger partial charge in [0.2, 0.25) is 5.43 Å². The number of hydrogen-bond acceptors (Lipinski definition) is 6. The number of hydrogen-bond donors (Lipinski definition) is 2. The zero-order chi connectivity index (χ0) is 23.4. The number of esters is 1. The number of ether oxygens (including phenoxy) is 1. The Morgan fingerprint density at radius 1 is 0.941 bits per heavy atom. The molecule has 6 rings (SSSR count). The maximum Gasteiger partial charge on any atom is 0.312 e. The fraction of sp³-hybridized carbons (Fsp3) is 0.0741. The molecule has 0 bridgehead atoms. The number of aromatic hydroxyl groups is 1. The first-order valence-corrected chi connectivity index (χ1v) is 10.7. The van der Waals surface area contributed by atoms with Crippen LogP contribution < -0.4 is 15.7 Å². The van der Waals surface area contributed by atoms with Crippen molar-refractivity contribution in [2.75, 3.05) is 0 Å². The molecule has 0 fully saturated rings. The molecule has 1 aliphatic rings. The van der Waals surface area contributed by atoms with Crippen molar-refractivity contribution in [3.05, 3.63) is 105 Å². The molecule has 0 spiro atoms. The maximum absolute atomic E-state index is 13.4. The van der Waals surface area contributed by atoms with E-state index in [1.54, 1.807) is 36.4 Å². The third-order valence-corrected chi connectivity index (χ3v) is 6.21. The molecule has 0 amide bonds. The van der Waals surface area contributed by atoms with Crippen molar-refractivity contribution in [1.29, 1.82) is 0 Å². The summed E-state index contributed by atoms with van der Waals surface area (Å²) in [4.78, 5) is 41.7. The first-order valence-electron chi connectivity index (χ1n) is 10.7. The molecule has 3 aromatic carbocycles. The van der Waals surface area contributed by atoms with Crippen LogP contribution in [-0.4, -0.2) is 16.1 Å². The topological polar surface area (TPSA) is 110 Å². The number of aromatic amines is 1. The molecule has 0 radical (unpaired) electrons. The van der Waals surface area contributed by atoms with Crippen LogP contribution in [-0.2, 0) is 4.79 Å². The number of para-hydroxylation sites is 1. The second-order valence-corrected chi connectivity index (χ2v) is 8.23. The van der Waals surface area contributed by atoms with E-state index in [2.05, 4.69) is 4.98 Å². The van der Waals surface area contributed by atoms with Crippen LogP contribution in [0.1, 0.15) is 23.5 Å². The van der Waals surface area contributed by atoms with Crippen molar-refractivity contribution >= 4 is 27.8 Å². The Morgan fingerprint density at radius 3 is 2.53 bits per heavy atom. The molecule has 2 N–H and O–H groups in total. The summed E-state index contributed by atoms with van der Waals surface area (Å²) in [5, 5.41) is 11.5. The molecule has 166 valence electrons. The Balaban J connectivity index is 1.64. The third kappa shape index (κ3) is 3.02. The van der Waals surface area contributed by atoms with Gasteiger partial charge in [-0.3, -0.25) is 14.4 Å². The Hall–Kier alpha value is -4.65. The molecule has 0 saturated heterocycles. The average molecular weight is 451 g/mol. The highest BCUT2D eigenvalue weighted by Gasteiger charge is 2.35. The number of phenolic OH excluding ortho intramolecular Hbond substituents is 1. The lowest BCUT2D eigenvalue weighted by molar-refractivity contribution is -0.135. The van der Waals surface area contributed by atoms with E-state index in [9.17, 15) is 19.5 Å². The van der Waals surface area contributed by atoms with Gasteiger partial charge in [0.1, 0.15) is 28.7 Å². The largest absolute Gasteiger partial charge is 0.507 e. The zero-order valence-corrected chi connectivity index (χ0v) is 17.7. The van der Waals surface area contributed by atoms with E-state index in [1.165, 1.54) is 12.3 Å². The Kier molecular flexibility index (Phi) is 4.38. The van der Waals surface area contributed by atoms with Crippen LogP contribution in [0.2, 0.25) is 0 Å². The number of fused-ring (bicyclic) bond motifs is 4. The number of pyridine rings is 1. The van der Waals surface area contributed by atoms with Gasteiger partial charge in [-0.15, -0.1) is 0 Å². The van der Waals surface area contributed by atoms with E-state index >= 15 is 0 Å². The molecule has 0 saturated carbocycles. The highest BCUT2D eigenvalue weighted by atomic mass is 16.5. The second-order valence-electron chi connectivity index (χ2n) is 8.23. The summed E-state index contributed by atoms with van der Waals surface area (Å²) in [6, 6.07) is 19.3. The van der Waals surface area contributed by atoms with Crippen LogP contribution in [0, 0.1) is 0 Å². The minimum absolute atomic E-state index is 0.0275. The van der Waals surface area contributed by atoms with E-state index in [1.807, 2.05) is 24.3 Å². The SMILES string of the molecule is O=C1CC(c2cc3ccccc3[nH]c2=O)c2c(cc(O)c3c(=O)c(-c4ccccc4)coc23)O1. The highest BCUT2D eigenvalue weighted by molar-refractivity contribution is 5.94. The molecule has 34 heavy (non-hydrogen) atoms. The van der Waals surface area contributed by atoms with E-state index < -0.39 is 17.3 Å². The molecular weight excluding hydrogens is 434 g/mol. The first-order chi connectivity index (χ1) is 16.5. The predicted octanol–water partition coefficient (Wildman–Crippen LogP) is 4.45. The molecule has 5 aromatic rings.